The van der Waals surface area contributed by atoms with E-state index >= 15 is 0 Å². The molecular weight excluding hydrogens is 102 g/mol. The topological polar surface area (TPSA) is 20.3 Å². The van der Waals surface area contributed by atoms with Crippen molar-refractivity contribution < 1.29 is 4.79 Å². The van der Waals surface area contributed by atoms with Crippen LogP contribution < -0.4 is 0 Å². The molecule has 0 atom stereocenters. The van der Waals surface area contributed by atoms with Crippen LogP contribution in [-0.2, 0) is 4.79 Å². The van der Waals surface area contributed by atoms with E-state index in [2.05, 4.69) is 7.05 Å². The van der Waals surface area contributed by atoms with Gasteiger partial charge in [-0.1, -0.05) is 0 Å². The van der Waals surface area contributed by atoms with Gasteiger partial charge in [0, 0.05) is 20.0 Å². The molecule has 0 aromatic rings. The van der Waals surface area contributed by atoms with Gasteiger partial charge in [0.15, 0.2) is 0 Å². The Hall–Kier alpha value is -0.530. The Morgan fingerprint density at radius 2 is 2.25 bits per heavy atom. The third-order valence-electron chi connectivity index (χ3n) is 1.30. The quantitative estimate of drug-likeness (QED) is 0.487. The second-order valence-electron chi connectivity index (χ2n) is 2.31. The van der Waals surface area contributed by atoms with Gasteiger partial charge >= 0.3 is 0 Å². The molecule has 2 heteroatoms. The van der Waals surface area contributed by atoms with Gasteiger partial charge in [0.05, 0.1) is 0 Å². The van der Waals surface area contributed by atoms with E-state index in [9.17, 15) is 4.79 Å². The van der Waals surface area contributed by atoms with Crippen LogP contribution in [0.4, 0.5) is 0 Å². The Labute approximate surface area is 49.5 Å². The Kier molecular flexibility index (Phi) is 1.24. The number of carbonyl (C=O) groups is 1. The van der Waals surface area contributed by atoms with Crippen LogP contribution in [0.3, 0.4) is 0 Å². The molecule has 45 valence electrons. The Bertz CT molecular complexity index is 101. The van der Waals surface area contributed by atoms with Gasteiger partial charge in [-0.2, -0.15) is 0 Å². The summed E-state index contributed by atoms with van der Waals surface area (Å²) in [5, 5.41) is 0. The van der Waals surface area contributed by atoms with Crippen molar-refractivity contribution in [2.45, 2.75) is 12.8 Å². The normalized spacial score (nSPS) is 18.2. The molecule has 1 rings (SSSR count). The van der Waals surface area contributed by atoms with Crippen molar-refractivity contribution in [3.63, 3.8) is 0 Å². The number of hydrogen-bond acceptors (Lipinski definition) is 1. The molecule has 0 heterocycles. The first kappa shape index (κ1) is 5.60. The number of rotatable bonds is 1. The lowest BCUT2D eigenvalue weighted by Gasteiger charge is -2.06. The maximum atomic E-state index is 10.8. The number of amides is 1. The summed E-state index contributed by atoms with van der Waals surface area (Å²) >= 11 is 0. The molecule has 0 spiro atoms. The summed E-state index contributed by atoms with van der Waals surface area (Å²) in [6, 6.07) is 0. The fraction of sp³-hybridized carbons (Fsp3) is 0.667. The van der Waals surface area contributed by atoms with Crippen LogP contribution in [0, 0.1) is 13.0 Å². The fourth-order valence-corrected chi connectivity index (χ4v) is 0.642. The van der Waals surface area contributed by atoms with Gasteiger partial charge in [0.25, 0.3) is 0 Å². The van der Waals surface area contributed by atoms with Gasteiger partial charge in [0.1, 0.15) is 0 Å². The average molecular weight is 112 g/mol. The Morgan fingerprint density at radius 1 is 1.75 bits per heavy atom. The van der Waals surface area contributed by atoms with Crippen molar-refractivity contribution in [1.29, 1.82) is 0 Å². The zero-order chi connectivity index (χ0) is 6.15. The molecule has 1 aliphatic rings. The summed E-state index contributed by atoms with van der Waals surface area (Å²) in [7, 11) is 5.18. The summed E-state index contributed by atoms with van der Waals surface area (Å²) in [5.74, 6) is 0.502. The number of carbonyl (C=O) groups excluding carboxylic acids is 1. The lowest BCUT2D eigenvalue weighted by molar-refractivity contribution is -0.129. The van der Waals surface area contributed by atoms with Crippen LogP contribution in [0.2, 0.25) is 0 Å². The van der Waals surface area contributed by atoms with E-state index in [1.807, 2.05) is 0 Å². The summed E-state index contributed by atoms with van der Waals surface area (Å²) in [6.07, 6.45) is 2.14. The van der Waals surface area contributed by atoms with Crippen LogP contribution >= 0.6 is 0 Å². The summed E-state index contributed by atoms with van der Waals surface area (Å²) in [6.45, 7) is 0. The second-order valence-corrected chi connectivity index (χ2v) is 2.31. The zero-order valence-corrected chi connectivity index (χ0v) is 5.05. The van der Waals surface area contributed by atoms with Crippen LogP contribution in [0.25, 0.3) is 0 Å². The van der Waals surface area contributed by atoms with Gasteiger partial charge in [-0.05, 0) is 12.8 Å². The van der Waals surface area contributed by atoms with E-state index in [4.69, 9.17) is 0 Å². The molecule has 0 unspecified atom stereocenters. The predicted molar refractivity (Wildman–Crippen MR) is 30.9 cm³/mol. The van der Waals surface area contributed by atoms with Gasteiger partial charge in [-0.25, -0.2) is 0 Å². The maximum absolute atomic E-state index is 10.8. The lowest BCUT2D eigenvalue weighted by atomic mass is 10.4. The fourth-order valence-electron chi connectivity index (χ4n) is 0.642. The Morgan fingerprint density at radius 3 is 2.38 bits per heavy atom. The van der Waals surface area contributed by atoms with Crippen molar-refractivity contribution in [3.8, 4) is 0 Å². The molecule has 0 N–H and O–H groups in total. The van der Waals surface area contributed by atoms with Crippen molar-refractivity contribution in [2.75, 3.05) is 7.05 Å². The van der Waals surface area contributed by atoms with Crippen molar-refractivity contribution in [3.05, 3.63) is 7.05 Å². The largest absolute Gasteiger partial charge is 0.344 e. The standard InChI is InChI=1S/C6H10NO/c1-7(2)6(8)5-3-4-5/h5H,1,3-4H2,2H3. The summed E-state index contributed by atoms with van der Waals surface area (Å²) < 4.78 is 0. The first-order chi connectivity index (χ1) is 3.72. The highest BCUT2D eigenvalue weighted by atomic mass is 16.2. The molecule has 8 heavy (non-hydrogen) atoms. The second kappa shape index (κ2) is 1.77. The molecule has 0 bridgehead atoms. The Balaban J connectivity index is 2.33. The third kappa shape index (κ3) is 0.997. The van der Waals surface area contributed by atoms with Crippen molar-refractivity contribution in [1.82, 2.24) is 4.90 Å². The molecule has 1 aliphatic carbocycles. The van der Waals surface area contributed by atoms with Gasteiger partial charge in [-0.3, -0.25) is 4.79 Å². The average Bonchev–Trinajstić information content (AvgIpc) is 2.43. The highest BCUT2D eigenvalue weighted by Gasteiger charge is 2.30. The predicted octanol–water partition coefficient (Wildman–Crippen LogP) is 0.646. The van der Waals surface area contributed by atoms with Crippen molar-refractivity contribution >= 4 is 5.91 Å². The van der Waals surface area contributed by atoms with Gasteiger partial charge in [0.2, 0.25) is 5.91 Å². The molecule has 0 aliphatic heterocycles. The maximum Gasteiger partial charge on any atom is 0.225 e. The van der Waals surface area contributed by atoms with E-state index < -0.39 is 0 Å². The first-order valence-corrected chi connectivity index (χ1v) is 2.80. The van der Waals surface area contributed by atoms with Crippen LogP contribution in [0.1, 0.15) is 12.8 Å². The van der Waals surface area contributed by atoms with Gasteiger partial charge in [-0.15, -0.1) is 0 Å². The van der Waals surface area contributed by atoms with Crippen LogP contribution in [0.15, 0.2) is 0 Å². The minimum Gasteiger partial charge on any atom is -0.344 e. The number of nitrogens with zero attached hydrogens (tertiary/aromatic N) is 1. The molecule has 1 radical (unpaired) electrons. The molecule has 2 nitrogen and oxygen atoms in total. The molecular formula is C6H10NO. The molecule has 0 aromatic heterocycles. The van der Waals surface area contributed by atoms with E-state index in [1.54, 1.807) is 7.05 Å². The minimum atomic E-state index is 0.185. The van der Waals surface area contributed by atoms with Crippen LogP contribution in [0.5, 0.6) is 0 Å². The van der Waals surface area contributed by atoms with Gasteiger partial charge < -0.3 is 4.90 Å². The zero-order valence-electron chi connectivity index (χ0n) is 5.05. The van der Waals surface area contributed by atoms with E-state index in [0.717, 1.165) is 12.8 Å². The van der Waals surface area contributed by atoms with Crippen molar-refractivity contribution in [2.24, 2.45) is 5.92 Å². The number of hydrogen-bond donors (Lipinski definition) is 0. The van der Waals surface area contributed by atoms with E-state index in [0.29, 0.717) is 5.92 Å². The third-order valence-corrected chi connectivity index (χ3v) is 1.30. The van der Waals surface area contributed by atoms with E-state index in [1.165, 1.54) is 4.90 Å². The molecule has 1 fully saturated rings. The monoisotopic (exact) mass is 112 g/mol. The minimum absolute atomic E-state index is 0.185. The molecule has 1 amide bonds. The van der Waals surface area contributed by atoms with Crippen LogP contribution in [-0.4, -0.2) is 17.9 Å². The highest BCUT2D eigenvalue weighted by Crippen LogP contribution is 2.30. The lowest BCUT2D eigenvalue weighted by Crippen LogP contribution is -2.20. The summed E-state index contributed by atoms with van der Waals surface area (Å²) in [4.78, 5) is 12.2. The van der Waals surface area contributed by atoms with E-state index in [-0.39, 0.29) is 5.91 Å². The SMILES string of the molecule is [CH2]N(C)C(=O)C1CC1. The first-order valence-electron chi connectivity index (χ1n) is 2.80. The summed E-state index contributed by atoms with van der Waals surface area (Å²) in [5.41, 5.74) is 0. The molecule has 1 saturated carbocycles. The smallest absolute Gasteiger partial charge is 0.225 e. The molecule has 0 saturated heterocycles. The molecule has 0 aromatic carbocycles. The highest BCUT2D eigenvalue weighted by molar-refractivity contribution is 5.80.